The third-order valence-corrected chi connectivity index (χ3v) is 2.23. The number of primary amides is 1. The standard InChI is InChI=1S/C11H15N3O2/c1-11(2,10(12)16)7-9(15)14-8-3-5-13-6-4-8/h3-6H,7H2,1-2H3,(H2,12,16)(H,13,14,15). The summed E-state index contributed by atoms with van der Waals surface area (Å²) in [4.78, 5) is 26.5. The van der Waals surface area contributed by atoms with Crippen LogP contribution in [0.4, 0.5) is 5.69 Å². The van der Waals surface area contributed by atoms with Crippen molar-refractivity contribution in [1.82, 2.24) is 4.98 Å². The second-order valence-electron chi connectivity index (χ2n) is 4.21. The van der Waals surface area contributed by atoms with Crippen molar-refractivity contribution in [1.29, 1.82) is 0 Å². The molecule has 0 aliphatic carbocycles. The predicted octanol–water partition coefficient (Wildman–Crippen LogP) is 0.922. The number of nitrogens with two attached hydrogens (primary N) is 1. The Morgan fingerprint density at radius 3 is 2.44 bits per heavy atom. The molecule has 86 valence electrons. The summed E-state index contributed by atoms with van der Waals surface area (Å²) in [7, 11) is 0. The van der Waals surface area contributed by atoms with E-state index in [4.69, 9.17) is 5.73 Å². The molecule has 1 aromatic rings. The van der Waals surface area contributed by atoms with Crippen LogP contribution in [0.25, 0.3) is 0 Å². The molecule has 0 aliphatic rings. The van der Waals surface area contributed by atoms with Crippen molar-refractivity contribution >= 4 is 17.5 Å². The molecule has 0 bridgehead atoms. The maximum Gasteiger partial charge on any atom is 0.225 e. The zero-order chi connectivity index (χ0) is 12.2. The van der Waals surface area contributed by atoms with Gasteiger partial charge in [0.1, 0.15) is 0 Å². The Morgan fingerprint density at radius 2 is 1.94 bits per heavy atom. The molecule has 1 rings (SSSR count). The van der Waals surface area contributed by atoms with Crippen LogP contribution in [-0.2, 0) is 9.59 Å². The van der Waals surface area contributed by atoms with Gasteiger partial charge >= 0.3 is 0 Å². The van der Waals surface area contributed by atoms with Gasteiger partial charge in [0.05, 0.1) is 5.41 Å². The minimum atomic E-state index is -0.836. The Labute approximate surface area is 94.1 Å². The Bertz CT molecular complexity index is 387. The summed E-state index contributed by atoms with van der Waals surface area (Å²) in [5.74, 6) is -0.729. The lowest BCUT2D eigenvalue weighted by Crippen LogP contribution is -2.35. The SMILES string of the molecule is CC(C)(CC(=O)Nc1ccncc1)C(N)=O. The van der Waals surface area contributed by atoms with Crippen LogP contribution < -0.4 is 11.1 Å². The molecular formula is C11H15N3O2. The Morgan fingerprint density at radius 1 is 1.38 bits per heavy atom. The van der Waals surface area contributed by atoms with Crippen LogP contribution >= 0.6 is 0 Å². The van der Waals surface area contributed by atoms with E-state index >= 15 is 0 Å². The number of hydrogen-bond acceptors (Lipinski definition) is 3. The van der Waals surface area contributed by atoms with E-state index in [0.29, 0.717) is 5.69 Å². The normalized spacial score (nSPS) is 10.9. The Balaban J connectivity index is 2.58. The summed E-state index contributed by atoms with van der Waals surface area (Å²) < 4.78 is 0. The third kappa shape index (κ3) is 3.34. The number of nitrogens with one attached hydrogen (secondary N) is 1. The van der Waals surface area contributed by atoms with Gasteiger partial charge in [-0.3, -0.25) is 14.6 Å². The summed E-state index contributed by atoms with van der Waals surface area (Å²) >= 11 is 0. The van der Waals surface area contributed by atoms with Crippen molar-refractivity contribution in [2.75, 3.05) is 5.32 Å². The fourth-order valence-corrected chi connectivity index (χ4v) is 1.13. The number of anilines is 1. The van der Waals surface area contributed by atoms with E-state index in [1.54, 1.807) is 38.4 Å². The summed E-state index contributed by atoms with van der Waals surface area (Å²) in [6, 6.07) is 3.35. The van der Waals surface area contributed by atoms with E-state index in [9.17, 15) is 9.59 Å². The topological polar surface area (TPSA) is 85.1 Å². The molecule has 5 heteroatoms. The van der Waals surface area contributed by atoms with Gasteiger partial charge in [-0.25, -0.2) is 0 Å². The lowest BCUT2D eigenvalue weighted by atomic mass is 9.88. The van der Waals surface area contributed by atoms with Crippen molar-refractivity contribution in [3.05, 3.63) is 24.5 Å². The van der Waals surface area contributed by atoms with E-state index < -0.39 is 11.3 Å². The number of rotatable bonds is 4. The summed E-state index contributed by atoms with van der Waals surface area (Å²) in [5, 5.41) is 2.67. The maximum atomic E-state index is 11.6. The molecule has 0 fully saturated rings. The molecular weight excluding hydrogens is 206 g/mol. The van der Waals surface area contributed by atoms with Crippen LogP contribution in [0.5, 0.6) is 0 Å². The largest absolute Gasteiger partial charge is 0.369 e. The molecule has 0 aromatic carbocycles. The highest BCUT2D eigenvalue weighted by molar-refractivity contribution is 5.94. The van der Waals surface area contributed by atoms with Crippen molar-refractivity contribution in [3.8, 4) is 0 Å². The van der Waals surface area contributed by atoms with E-state index in [2.05, 4.69) is 10.3 Å². The third-order valence-electron chi connectivity index (χ3n) is 2.23. The molecule has 1 aromatic heterocycles. The Kier molecular flexibility index (Phi) is 3.60. The second-order valence-corrected chi connectivity index (χ2v) is 4.21. The number of hydrogen-bond donors (Lipinski definition) is 2. The van der Waals surface area contributed by atoms with Gasteiger partial charge in [0.25, 0.3) is 0 Å². The molecule has 16 heavy (non-hydrogen) atoms. The lowest BCUT2D eigenvalue weighted by Gasteiger charge is -2.19. The van der Waals surface area contributed by atoms with Crippen LogP contribution in [0.2, 0.25) is 0 Å². The smallest absolute Gasteiger partial charge is 0.225 e. The van der Waals surface area contributed by atoms with E-state index in [-0.39, 0.29) is 12.3 Å². The number of carbonyl (C=O) groups excluding carboxylic acids is 2. The quantitative estimate of drug-likeness (QED) is 0.792. The average molecular weight is 221 g/mol. The van der Waals surface area contributed by atoms with Gasteiger partial charge in [-0.1, -0.05) is 13.8 Å². The van der Waals surface area contributed by atoms with Crippen LogP contribution in [-0.4, -0.2) is 16.8 Å². The number of nitrogens with zero attached hydrogens (tertiary/aromatic N) is 1. The van der Waals surface area contributed by atoms with E-state index in [1.165, 1.54) is 0 Å². The monoisotopic (exact) mass is 221 g/mol. The highest BCUT2D eigenvalue weighted by Gasteiger charge is 2.28. The summed E-state index contributed by atoms with van der Waals surface area (Å²) in [5.41, 5.74) is 5.00. The van der Waals surface area contributed by atoms with Crippen LogP contribution in [0, 0.1) is 5.41 Å². The van der Waals surface area contributed by atoms with E-state index in [1.807, 2.05) is 0 Å². The van der Waals surface area contributed by atoms with Gasteiger partial charge in [0, 0.05) is 24.5 Å². The first-order valence-electron chi connectivity index (χ1n) is 4.91. The maximum absolute atomic E-state index is 11.6. The molecule has 1 heterocycles. The first-order chi connectivity index (χ1) is 7.42. The van der Waals surface area contributed by atoms with Gasteiger partial charge < -0.3 is 11.1 Å². The van der Waals surface area contributed by atoms with Crippen molar-refractivity contribution in [2.24, 2.45) is 11.1 Å². The predicted molar refractivity (Wildman–Crippen MR) is 60.5 cm³/mol. The molecule has 0 saturated heterocycles. The molecule has 5 nitrogen and oxygen atoms in total. The molecule has 2 amide bonds. The van der Waals surface area contributed by atoms with Gasteiger partial charge in [-0.2, -0.15) is 0 Å². The first kappa shape index (κ1) is 12.2. The molecule has 0 unspecified atom stereocenters. The molecule has 3 N–H and O–H groups in total. The minimum Gasteiger partial charge on any atom is -0.369 e. The van der Waals surface area contributed by atoms with Crippen molar-refractivity contribution in [2.45, 2.75) is 20.3 Å². The molecule has 0 aliphatic heterocycles. The average Bonchev–Trinajstić information content (AvgIpc) is 2.17. The molecule has 0 atom stereocenters. The Hall–Kier alpha value is -1.91. The van der Waals surface area contributed by atoms with Gasteiger partial charge in [-0.15, -0.1) is 0 Å². The zero-order valence-corrected chi connectivity index (χ0v) is 9.36. The highest BCUT2D eigenvalue weighted by atomic mass is 16.2. The molecule has 0 radical (unpaired) electrons. The number of amides is 2. The number of pyridine rings is 1. The number of carbonyl (C=O) groups is 2. The van der Waals surface area contributed by atoms with Crippen molar-refractivity contribution < 1.29 is 9.59 Å². The second kappa shape index (κ2) is 4.74. The summed E-state index contributed by atoms with van der Waals surface area (Å²) in [6.45, 7) is 3.28. The van der Waals surface area contributed by atoms with Gasteiger partial charge in [0.2, 0.25) is 11.8 Å². The van der Waals surface area contributed by atoms with E-state index in [0.717, 1.165) is 0 Å². The molecule has 0 spiro atoms. The summed E-state index contributed by atoms with van der Waals surface area (Å²) in [6.07, 6.45) is 3.22. The number of aromatic nitrogens is 1. The minimum absolute atomic E-state index is 0.0602. The lowest BCUT2D eigenvalue weighted by molar-refractivity contribution is -0.130. The van der Waals surface area contributed by atoms with Crippen LogP contribution in [0.1, 0.15) is 20.3 Å². The highest BCUT2D eigenvalue weighted by Crippen LogP contribution is 2.20. The fourth-order valence-electron chi connectivity index (χ4n) is 1.13. The van der Waals surface area contributed by atoms with Crippen molar-refractivity contribution in [3.63, 3.8) is 0 Å². The molecule has 0 saturated carbocycles. The van der Waals surface area contributed by atoms with Crippen LogP contribution in [0.3, 0.4) is 0 Å². The van der Waals surface area contributed by atoms with Gasteiger partial charge in [0.15, 0.2) is 0 Å². The zero-order valence-electron chi connectivity index (χ0n) is 9.36. The van der Waals surface area contributed by atoms with Gasteiger partial charge in [-0.05, 0) is 12.1 Å². The van der Waals surface area contributed by atoms with Crippen LogP contribution in [0.15, 0.2) is 24.5 Å². The fraction of sp³-hybridized carbons (Fsp3) is 0.364. The first-order valence-corrected chi connectivity index (χ1v) is 4.91.